The molecular formula is C27H22ClIN2O3. The van der Waals surface area contributed by atoms with E-state index >= 15 is 0 Å². The van der Waals surface area contributed by atoms with Crippen LogP contribution >= 0.6 is 34.2 Å². The van der Waals surface area contributed by atoms with Crippen LogP contribution in [-0.4, -0.2) is 19.2 Å². The normalized spacial score (nSPS) is 11.0. The molecule has 0 radical (unpaired) electrons. The summed E-state index contributed by atoms with van der Waals surface area (Å²) in [5.74, 6) is 1.05. The molecular weight excluding hydrogens is 563 g/mol. The van der Waals surface area contributed by atoms with Crippen molar-refractivity contribution in [2.24, 2.45) is 5.10 Å². The minimum atomic E-state index is -0.183. The zero-order valence-electron chi connectivity index (χ0n) is 18.4. The highest BCUT2D eigenvalue weighted by Crippen LogP contribution is 2.34. The Hall–Kier alpha value is -3.10. The highest BCUT2D eigenvalue weighted by atomic mass is 127. The largest absolute Gasteiger partial charge is 0.493 e. The Morgan fingerprint density at radius 2 is 1.82 bits per heavy atom. The maximum absolute atomic E-state index is 12.5. The van der Waals surface area contributed by atoms with E-state index in [9.17, 15) is 4.79 Å². The van der Waals surface area contributed by atoms with Crippen molar-refractivity contribution in [1.29, 1.82) is 0 Å². The molecule has 4 aromatic rings. The molecule has 4 rings (SSSR count). The smallest absolute Gasteiger partial charge is 0.244 e. The molecule has 0 atom stereocenters. The van der Waals surface area contributed by atoms with Crippen LogP contribution in [0.1, 0.15) is 16.7 Å². The molecule has 5 nitrogen and oxygen atoms in total. The van der Waals surface area contributed by atoms with Crippen LogP contribution in [0.5, 0.6) is 11.5 Å². The number of rotatable bonds is 8. The van der Waals surface area contributed by atoms with Gasteiger partial charge in [0.25, 0.3) is 0 Å². The summed E-state index contributed by atoms with van der Waals surface area (Å²) in [6, 6.07) is 25.2. The second kappa shape index (κ2) is 11.4. The molecule has 172 valence electrons. The number of nitrogens with zero attached hydrogens (tertiary/aromatic N) is 1. The summed E-state index contributed by atoms with van der Waals surface area (Å²) in [4.78, 5) is 12.5. The van der Waals surface area contributed by atoms with Crippen molar-refractivity contribution >= 4 is 57.1 Å². The average molecular weight is 585 g/mol. The first kappa shape index (κ1) is 24.0. The molecule has 0 fully saturated rings. The monoisotopic (exact) mass is 584 g/mol. The molecule has 0 saturated carbocycles. The first-order chi connectivity index (χ1) is 16.5. The molecule has 0 spiro atoms. The van der Waals surface area contributed by atoms with Crippen LogP contribution in [-0.2, 0) is 17.8 Å². The first-order valence-corrected chi connectivity index (χ1v) is 12.0. The third-order valence-corrected chi connectivity index (χ3v) is 6.24. The zero-order chi connectivity index (χ0) is 23.9. The molecule has 1 amide bonds. The van der Waals surface area contributed by atoms with Gasteiger partial charge in [-0.15, -0.1) is 0 Å². The lowest BCUT2D eigenvalue weighted by atomic mass is 10.0. The molecule has 0 aliphatic carbocycles. The maximum Gasteiger partial charge on any atom is 0.244 e. The predicted octanol–water partition coefficient (Wildman–Crippen LogP) is 6.38. The van der Waals surface area contributed by atoms with Crippen LogP contribution in [0.25, 0.3) is 10.8 Å². The minimum absolute atomic E-state index is 0.183. The van der Waals surface area contributed by atoms with E-state index in [0.717, 1.165) is 31.0 Å². The van der Waals surface area contributed by atoms with Crippen molar-refractivity contribution in [3.8, 4) is 11.5 Å². The number of hydrogen-bond acceptors (Lipinski definition) is 4. The van der Waals surface area contributed by atoms with Crippen LogP contribution in [0.2, 0.25) is 5.02 Å². The van der Waals surface area contributed by atoms with Gasteiger partial charge in [-0.25, -0.2) is 5.43 Å². The van der Waals surface area contributed by atoms with Gasteiger partial charge in [-0.3, -0.25) is 4.79 Å². The van der Waals surface area contributed by atoms with Crippen LogP contribution in [0, 0.1) is 3.57 Å². The highest BCUT2D eigenvalue weighted by molar-refractivity contribution is 14.1. The average Bonchev–Trinajstić information content (AvgIpc) is 2.84. The van der Waals surface area contributed by atoms with E-state index < -0.39 is 0 Å². The van der Waals surface area contributed by atoms with Crippen molar-refractivity contribution in [3.05, 3.63) is 104 Å². The van der Waals surface area contributed by atoms with Crippen molar-refractivity contribution < 1.29 is 14.3 Å². The SMILES string of the molecule is COc1cc(/C=N\NC(=O)Cc2cccc3ccccc23)cc(I)c1OCc1ccc(Cl)cc1. The highest BCUT2D eigenvalue weighted by Gasteiger charge is 2.12. The van der Waals surface area contributed by atoms with Crippen LogP contribution in [0.4, 0.5) is 0 Å². The second-order valence-electron chi connectivity index (χ2n) is 7.56. The van der Waals surface area contributed by atoms with Crippen LogP contribution in [0.3, 0.4) is 0 Å². The number of carbonyl (C=O) groups excluding carboxylic acids is 1. The quantitative estimate of drug-likeness (QED) is 0.149. The van der Waals surface area contributed by atoms with Gasteiger partial charge in [0.05, 0.1) is 23.3 Å². The summed E-state index contributed by atoms with van der Waals surface area (Å²) < 4.78 is 12.4. The van der Waals surface area contributed by atoms with Crippen molar-refractivity contribution in [1.82, 2.24) is 5.43 Å². The number of nitrogens with one attached hydrogen (secondary N) is 1. The van der Waals surface area contributed by atoms with Gasteiger partial charge < -0.3 is 9.47 Å². The van der Waals surface area contributed by atoms with E-state index in [0.29, 0.717) is 23.1 Å². The summed E-state index contributed by atoms with van der Waals surface area (Å²) in [6.07, 6.45) is 1.84. The van der Waals surface area contributed by atoms with Crippen LogP contribution in [0.15, 0.2) is 84.0 Å². The Morgan fingerprint density at radius 3 is 2.62 bits per heavy atom. The van der Waals surface area contributed by atoms with Gasteiger partial charge in [-0.1, -0.05) is 66.2 Å². The lowest BCUT2D eigenvalue weighted by molar-refractivity contribution is -0.120. The van der Waals surface area contributed by atoms with E-state index in [1.165, 1.54) is 0 Å². The van der Waals surface area contributed by atoms with Gasteiger partial charge >= 0.3 is 0 Å². The molecule has 0 aromatic heterocycles. The Bertz CT molecular complexity index is 1330. The summed E-state index contributed by atoms with van der Waals surface area (Å²) >= 11 is 8.14. The number of fused-ring (bicyclic) bond motifs is 1. The fraction of sp³-hybridized carbons (Fsp3) is 0.111. The molecule has 34 heavy (non-hydrogen) atoms. The number of carbonyl (C=O) groups is 1. The lowest BCUT2D eigenvalue weighted by Crippen LogP contribution is -2.19. The fourth-order valence-corrected chi connectivity index (χ4v) is 4.44. The third kappa shape index (κ3) is 6.07. The molecule has 4 aromatic carbocycles. The van der Waals surface area contributed by atoms with Crippen LogP contribution < -0.4 is 14.9 Å². The standard InChI is InChI=1S/C27H22ClIN2O3/c1-33-25-14-19(13-24(29)27(25)34-17-18-9-11-22(28)12-10-18)16-30-31-26(32)15-21-7-4-6-20-5-2-3-8-23(20)21/h2-14,16H,15,17H2,1H3,(H,31,32)/b30-16-. The van der Waals surface area contributed by atoms with Gasteiger partial charge in [0.1, 0.15) is 6.61 Å². The predicted molar refractivity (Wildman–Crippen MR) is 145 cm³/mol. The van der Waals surface area contributed by atoms with Crippen molar-refractivity contribution in [2.75, 3.05) is 7.11 Å². The number of amides is 1. The number of halogens is 2. The third-order valence-electron chi connectivity index (χ3n) is 5.18. The van der Waals surface area contributed by atoms with E-state index in [1.54, 1.807) is 13.3 Å². The number of hydrogen-bond donors (Lipinski definition) is 1. The summed E-state index contributed by atoms with van der Waals surface area (Å²) in [7, 11) is 1.59. The zero-order valence-corrected chi connectivity index (χ0v) is 21.3. The van der Waals surface area contributed by atoms with Gasteiger partial charge in [-0.05, 0) is 74.3 Å². The number of hydrazone groups is 1. The van der Waals surface area contributed by atoms with E-state index in [2.05, 4.69) is 33.1 Å². The van der Waals surface area contributed by atoms with Gasteiger partial charge in [0.2, 0.25) is 5.91 Å². The Morgan fingerprint density at radius 1 is 1.06 bits per heavy atom. The maximum atomic E-state index is 12.5. The number of ether oxygens (including phenoxy) is 2. The van der Waals surface area contributed by atoms with Gasteiger partial charge in [-0.2, -0.15) is 5.10 Å². The van der Waals surface area contributed by atoms with Crippen molar-refractivity contribution in [3.63, 3.8) is 0 Å². The summed E-state index contributed by atoms with van der Waals surface area (Å²) in [5, 5.41) is 6.99. The van der Waals surface area contributed by atoms with Gasteiger partial charge in [0.15, 0.2) is 11.5 Å². The molecule has 0 aliphatic heterocycles. The summed E-state index contributed by atoms with van der Waals surface area (Å²) in [6.45, 7) is 0.390. The molecule has 0 unspecified atom stereocenters. The van der Waals surface area contributed by atoms with E-state index in [-0.39, 0.29) is 12.3 Å². The first-order valence-electron chi connectivity index (χ1n) is 10.6. The fourth-order valence-electron chi connectivity index (χ4n) is 3.53. The Kier molecular flexibility index (Phi) is 8.03. The molecule has 0 bridgehead atoms. The topological polar surface area (TPSA) is 59.9 Å². The molecule has 7 heteroatoms. The Labute approximate surface area is 216 Å². The number of benzene rings is 4. The van der Waals surface area contributed by atoms with E-state index in [4.69, 9.17) is 21.1 Å². The number of methoxy groups -OCH3 is 1. The Balaban J connectivity index is 1.40. The second-order valence-corrected chi connectivity index (χ2v) is 9.16. The van der Waals surface area contributed by atoms with Gasteiger partial charge in [0, 0.05) is 5.02 Å². The summed E-state index contributed by atoms with van der Waals surface area (Å²) in [5.41, 5.74) is 5.36. The molecule has 0 aliphatic rings. The molecule has 0 saturated heterocycles. The molecule has 1 N–H and O–H groups in total. The molecule has 0 heterocycles. The van der Waals surface area contributed by atoms with Crippen molar-refractivity contribution in [2.45, 2.75) is 13.0 Å². The minimum Gasteiger partial charge on any atom is -0.493 e. The lowest BCUT2D eigenvalue weighted by Gasteiger charge is -2.13. The van der Waals surface area contributed by atoms with E-state index in [1.807, 2.05) is 78.9 Å².